The molecule has 5 heteroatoms. The van der Waals surface area contributed by atoms with Gasteiger partial charge in [-0.3, -0.25) is 0 Å². The molecule has 0 saturated carbocycles. The summed E-state index contributed by atoms with van der Waals surface area (Å²) in [5.74, 6) is -0.869. The van der Waals surface area contributed by atoms with Crippen molar-refractivity contribution >= 4 is 22.4 Å². The summed E-state index contributed by atoms with van der Waals surface area (Å²) in [5, 5.41) is 9.97. The number of aromatic carboxylic acids is 1. The van der Waals surface area contributed by atoms with Crippen LogP contribution < -0.4 is 4.90 Å². The summed E-state index contributed by atoms with van der Waals surface area (Å²) in [6, 6.07) is 0. The minimum atomic E-state index is -0.869. The zero-order valence-electron chi connectivity index (χ0n) is 11.8. The second kappa shape index (κ2) is 5.69. The van der Waals surface area contributed by atoms with E-state index in [0.29, 0.717) is 10.6 Å². The Morgan fingerprint density at radius 3 is 2.50 bits per heavy atom. The van der Waals surface area contributed by atoms with Gasteiger partial charge in [0.15, 0.2) is 5.13 Å². The maximum Gasteiger partial charge on any atom is 0.347 e. The molecule has 0 aliphatic carbocycles. The van der Waals surface area contributed by atoms with Crippen molar-refractivity contribution in [3.63, 3.8) is 0 Å². The maximum absolute atomic E-state index is 11.2. The van der Waals surface area contributed by atoms with Crippen LogP contribution in [0.25, 0.3) is 0 Å². The fourth-order valence-electron chi connectivity index (χ4n) is 1.85. The summed E-state index contributed by atoms with van der Waals surface area (Å²) in [7, 11) is 1.96. The number of aryl methyl sites for hydroxylation is 1. The Bertz CT molecular complexity index is 421. The predicted molar refractivity (Wildman–Crippen MR) is 75.8 cm³/mol. The van der Waals surface area contributed by atoms with Gasteiger partial charge in [-0.25, -0.2) is 9.78 Å². The van der Waals surface area contributed by atoms with E-state index in [9.17, 15) is 9.90 Å². The van der Waals surface area contributed by atoms with E-state index in [1.165, 1.54) is 11.3 Å². The van der Waals surface area contributed by atoms with Gasteiger partial charge in [-0.15, -0.1) is 0 Å². The fourth-order valence-corrected chi connectivity index (χ4v) is 2.77. The van der Waals surface area contributed by atoms with Crippen LogP contribution in [0.2, 0.25) is 0 Å². The van der Waals surface area contributed by atoms with E-state index >= 15 is 0 Å². The number of aromatic nitrogens is 1. The molecule has 0 fully saturated rings. The summed E-state index contributed by atoms with van der Waals surface area (Å²) in [6.07, 6.45) is 1.63. The van der Waals surface area contributed by atoms with Crippen LogP contribution in [0.4, 0.5) is 5.13 Å². The van der Waals surface area contributed by atoms with Gasteiger partial charge in [0.2, 0.25) is 0 Å². The second-order valence-electron chi connectivity index (χ2n) is 5.74. The van der Waals surface area contributed by atoms with Crippen molar-refractivity contribution in [3.05, 3.63) is 10.6 Å². The lowest BCUT2D eigenvalue weighted by Gasteiger charge is -2.26. The molecule has 0 radical (unpaired) electrons. The van der Waals surface area contributed by atoms with E-state index in [2.05, 4.69) is 25.8 Å². The number of carboxylic acids is 1. The molecule has 102 valence electrons. The first kappa shape index (κ1) is 15.0. The molecule has 1 heterocycles. The van der Waals surface area contributed by atoms with Gasteiger partial charge in [0.25, 0.3) is 0 Å². The molecule has 1 aromatic rings. The fraction of sp³-hybridized carbons (Fsp3) is 0.692. The van der Waals surface area contributed by atoms with E-state index < -0.39 is 5.97 Å². The number of hydrogen-bond acceptors (Lipinski definition) is 4. The Hall–Kier alpha value is -1.10. The molecule has 0 spiro atoms. The molecular weight excluding hydrogens is 248 g/mol. The number of anilines is 1. The normalized spacial score (nSPS) is 11.6. The molecule has 0 aromatic carbocycles. The topological polar surface area (TPSA) is 53.4 Å². The quantitative estimate of drug-likeness (QED) is 0.892. The lowest BCUT2D eigenvalue weighted by molar-refractivity contribution is 0.0700. The molecule has 0 bridgehead atoms. The Morgan fingerprint density at radius 2 is 2.06 bits per heavy atom. The summed E-state index contributed by atoms with van der Waals surface area (Å²) in [4.78, 5) is 18.1. The first-order valence-corrected chi connectivity index (χ1v) is 7.00. The van der Waals surface area contributed by atoms with Crippen molar-refractivity contribution in [2.45, 2.75) is 40.5 Å². The minimum Gasteiger partial charge on any atom is -0.477 e. The van der Waals surface area contributed by atoms with E-state index in [4.69, 9.17) is 0 Å². The zero-order chi connectivity index (χ0) is 13.9. The van der Waals surface area contributed by atoms with Crippen molar-refractivity contribution in [2.75, 3.05) is 18.5 Å². The summed E-state index contributed by atoms with van der Waals surface area (Å²) in [5.41, 5.74) is 0.875. The predicted octanol–water partition coefficient (Wildman–Crippen LogP) is 3.28. The first-order chi connectivity index (χ1) is 8.24. The second-order valence-corrected chi connectivity index (χ2v) is 6.72. The highest BCUT2D eigenvalue weighted by atomic mass is 32.1. The summed E-state index contributed by atoms with van der Waals surface area (Å²) < 4.78 is 0. The van der Waals surface area contributed by atoms with Crippen molar-refractivity contribution in [1.29, 1.82) is 0 Å². The molecular formula is C13H22N2O2S. The molecule has 0 amide bonds. The van der Waals surface area contributed by atoms with Crippen LogP contribution in [-0.2, 0) is 6.42 Å². The van der Waals surface area contributed by atoms with Gasteiger partial charge in [0.1, 0.15) is 4.88 Å². The highest BCUT2D eigenvalue weighted by Crippen LogP contribution is 2.28. The van der Waals surface area contributed by atoms with Crippen LogP contribution in [0.3, 0.4) is 0 Å². The lowest BCUT2D eigenvalue weighted by Crippen LogP contribution is -2.28. The number of thiazole rings is 1. The smallest absolute Gasteiger partial charge is 0.347 e. The van der Waals surface area contributed by atoms with Gasteiger partial charge < -0.3 is 10.0 Å². The standard InChI is InChI=1S/C13H22N2O2S/c1-6-7-9-10(11(16)17)18-12(14-9)15(5)8-13(2,3)4/h6-8H2,1-5H3,(H,16,17). The number of hydrogen-bond donors (Lipinski definition) is 1. The Kier molecular flexibility index (Phi) is 4.73. The third kappa shape index (κ3) is 3.98. The average Bonchev–Trinajstić information content (AvgIpc) is 2.59. The Balaban J connectivity index is 2.96. The van der Waals surface area contributed by atoms with Crippen LogP contribution >= 0.6 is 11.3 Å². The van der Waals surface area contributed by atoms with Gasteiger partial charge in [0.05, 0.1) is 5.69 Å². The third-order valence-electron chi connectivity index (χ3n) is 2.41. The van der Waals surface area contributed by atoms with Gasteiger partial charge >= 0.3 is 5.97 Å². The Labute approximate surface area is 113 Å². The zero-order valence-corrected chi connectivity index (χ0v) is 12.6. The molecule has 18 heavy (non-hydrogen) atoms. The van der Waals surface area contributed by atoms with Gasteiger partial charge in [-0.05, 0) is 11.8 Å². The average molecular weight is 270 g/mol. The SMILES string of the molecule is CCCc1nc(N(C)CC(C)(C)C)sc1C(=O)O. The minimum absolute atomic E-state index is 0.161. The molecule has 1 N–H and O–H groups in total. The molecule has 1 aromatic heterocycles. The third-order valence-corrected chi connectivity index (χ3v) is 3.61. The van der Waals surface area contributed by atoms with Gasteiger partial charge in [0, 0.05) is 13.6 Å². The monoisotopic (exact) mass is 270 g/mol. The summed E-state index contributed by atoms with van der Waals surface area (Å²) >= 11 is 1.27. The van der Waals surface area contributed by atoms with Crippen LogP contribution in [0.5, 0.6) is 0 Å². The van der Waals surface area contributed by atoms with Crippen LogP contribution in [-0.4, -0.2) is 29.7 Å². The van der Waals surface area contributed by atoms with Crippen LogP contribution in [0, 0.1) is 5.41 Å². The van der Waals surface area contributed by atoms with Crippen molar-refractivity contribution < 1.29 is 9.90 Å². The molecule has 1 rings (SSSR count). The van der Waals surface area contributed by atoms with Gasteiger partial charge in [-0.2, -0.15) is 0 Å². The number of rotatable bonds is 5. The number of carbonyl (C=O) groups is 1. The molecule has 0 unspecified atom stereocenters. The van der Waals surface area contributed by atoms with Crippen molar-refractivity contribution in [1.82, 2.24) is 4.98 Å². The molecule has 4 nitrogen and oxygen atoms in total. The summed E-state index contributed by atoms with van der Waals surface area (Å²) in [6.45, 7) is 9.35. The highest BCUT2D eigenvalue weighted by molar-refractivity contribution is 7.17. The van der Waals surface area contributed by atoms with Crippen molar-refractivity contribution in [2.24, 2.45) is 5.41 Å². The largest absolute Gasteiger partial charge is 0.477 e. The molecule has 0 aliphatic heterocycles. The van der Waals surface area contributed by atoms with Crippen LogP contribution in [0.15, 0.2) is 0 Å². The lowest BCUT2D eigenvalue weighted by atomic mass is 9.96. The van der Waals surface area contributed by atoms with E-state index in [-0.39, 0.29) is 5.41 Å². The van der Waals surface area contributed by atoms with E-state index in [1.807, 2.05) is 18.9 Å². The molecule has 0 atom stereocenters. The van der Waals surface area contributed by atoms with E-state index in [1.54, 1.807) is 0 Å². The molecule has 0 saturated heterocycles. The first-order valence-electron chi connectivity index (χ1n) is 6.18. The highest BCUT2D eigenvalue weighted by Gasteiger charge is 2.21. The maximum atomic E-state index is 11.2. The van der Waals surface area contributed by atoms with Gasteiger partial charge in [-0.1, -0.05) is 45.5 Å². The number of carboxylic acid groups (broad SMARTS) is 1. The molecule has 0 aliphatic rings. The number of nitrogens with zero attached hydrogens (tertiary/aromatic N) is 2. The van der Waals surface area contributed by atoms with Crippen LogP contribution in [0.1, 0.15) is 49.5 Å². The van der Waals surface area contributed by atoms with Crippen molar-refractivity contribution in [3.8, 4) is 0 Å². The van der Waals surface area contributed by atoms with E-state index in [0.717, 1.165) is 24.5 Å². The Morgan fingerprint density at radius 1 is 1.44 bits per heavy atom.